The molecular weight excluding hydrogens is 505 g/mol. The predicted molar refractivity (Wildman–Crippen MR) is 132 cm³/mol. The summed E-state index contributed by atoms with van der Waals surface area (Å²) >= 11 is 37.3. The minimum atomic E-state index is -1.76. The van der Waals surface area contributed by atoms with Gasteiger partial charge in [-0.25, -0.2) is 0 Å². The number of hydrogen-bond donors (Lipinski definition) is 0. The lowest BCUT2D eigenvalue weighted by Crippen LogP contribution is -2.16. The highest BCUT2D eigenvalue weighted by molar-refractivity contribution is 6.67. The molecule has 0 heterocycles. The Morgan fingerprint density at radius 3 is 1.37 bits per heavy atom. The monoisotopic (exact) mass is 526 g/mol. The molecule has 0 spiro atoms. The van der Waals surface area contributed by atoms with E-state index in [2.05, 4.69) is 13.8 Å². The van der Waals surface area contributed by atoms with Gasteiger partial charge in [0.25, 0.3) is 0 Å². The summed E-state index contributed by atoms with van der Waals surface area (Å²) < 4.78 is -3.51. The van der Waals surface area contributed by atoms with Crippen LogP contribution in [0.1, 0.15) is 77.7 Å². The maximum absolute atomic E-state index is 13.5. The number of ketones is 1. The Bertz CT molecular complexity index is 809. The van der Waals surface area contributed by atoms with Crippen LogP contribution in [0.4, 0.5) is 0 Å². The summed E-state index contributed by atoms with van der Waals surface area (Å²) in [6, 6.07) is 10.7. The van der Waals surface area contributed by atoms with Gasteiger partial charge in [-0.15, -0.1) is 0 Å². The predicted octanol–water partition coefficient (Wildman–Crippen LogP) is 9.26. The third-order valence-corrected chi connectivity index (χ3v) is 6.13. The molecule has 0 aliphatic rings. The molecule has 0 fully saturated rings. The van der Waals surface area contributed by atoms with Crippen molar-refractivity contribution in [3.63, 3.8) is 0 Å². The fourth-order valence-corrected chi connectivity index (χ4v) is 4.20. The molecule has 2 rings (SSSR count). The summed E-state index contributed by atoms with van der Waals surface area (Å²) in [6.45, 7) is 4.21. The van der Waals surface area contributed by atoms with E-state index in [1.807, 2.05) is 12.1 Å². The van der Waals surface area contributed by atoms with Crippen LogP contribution in [0.15, 0.2) is 36.4 Å². The maximum Gasteiger partial charge on any atom is 0.216 e. The van der Waals surface area contributed by atoms with Crippen molar-refractivity contribution in [1.82, 2.24) is 0 Å². The quantitative estimate of drug-likeness (QED) is 0.246. The van der Waals surface area contributed by atoms with Crippen molar-refractivity contribution in [3.05, 3.63) is 69.8 Å². The van der Waals surface area contributed by atoms with E-state index in [0.717, 1.165) is 49.7 Å². The standard InChI is InChI=1S/C23H24Cl6O/c1-3-5-7-15-9-11-17(19(13-15)22(24,25)26)21(30)18-12-10-16(8-6-4-2)14-20(18)23(27,28)29/h9-14H,3-8H2,1-2H3. The van der Waals surface area contributed by atoms with E-state index < -0.39 is 7.59 Å². The number of halogens is 6. The number of rotatable bonds is 8. The van der Waals surface area contributed by atoms with Gasteiger partial charge in [-0.1, -0.05) is 133 Å². The van der Waals surface area contributed by atoms with Gasteiger partial charge in [-0.3, -0.25) is 4.79 Å². The van der Waals surface area contributed by atoms with Crippen LogP contribution in [0, 0.1) is 0 Å². The zero-order valence-corrected chi connectivity index (χ0v) is 21.4. The molecule has 164 valence electrons. The van der Waals surface area contributed by atoms with Crippen molar-refractivity contribution in [2.45, 2.75) is 60.0 Å². The topological polar surface area (TPSA) is 17.1 Å². The van der Waals surface area contributed by atoms with E-state index in [9.17, 15) is 4.79 Å². The molecule has 0 aliphatic carbocycles. The van der Waals surface area contributed by atoms with Crippen molar-refractivity contribution >= 4 is 75.4 Å². The van der Waals surface area contributed by atoms with Gasteiger partial charge in [0.05, 0.1) is 0 Å². The number of carbonyl (C=O) groups excluding carboxylic acids is 1. The maximum atomic E-state index is 13.5. The molecule has 0 aliphatic heterocycles. The van der Waals surface area contributed by atoms with E-state index in [1.165, 1.54) is 0 Å². The summed E-state index contributed by atoms with van der Waals surface area (Å²) in [5.41, 5.74) is 3.24. The fraction of sp³-hybridized carbons (Fsp3) is 0.435. The second-order valence-electron chi connectivity index (χ2n) is 7.29. The van der Waals surface area contributed by atoms with Crippen LogP contribution in [0.2, 0.25) is 0 Å². The molecule has 0 atom stereocenters. The number of unbranched alkanes of at least 4 members (excludes halogenated alkanes) is 2. The molecule has 30 heavy (non-hydrogen) atoms. The Morgan fingerprint density at radius 1 is 0.700 bits per heavy atom. The molecule has 1 nitrogen and oxygen atoms in total. The SMILES string of the molecule is CCCCc1ccc(C(=O)c2ccc(CCCC)cc2C(Cl)(Cl)Cl)c(C(Cl)(Cl)Cl)c1. The smallest absolute Gasteiger partial charge is 0.216 e. The Morgan fingerprint density at radius 2 is 1.07 bits per heavy atom. The molecule has 0 radical (unpaired) electrons. The van der Waals surface area contributed by atoms with Gasteiger partial charge in [-0.05, 0) is 36.8 Å². The van der Waals surface area contributed by atoms with Gasteiger partial charge in [0.1, 0.15) is 0 Å². The number of aryl methyl sites for hydroxylation is 2. The van der Waals surface area contributed by atoms with Crippen LogP contribution in [0.25, 0.3) is 0 Å². The molecule has 2 aromatic rings. The summed E-state index contributed by atoms with van der Waals surface area (Å²) in [6.07, 6.45) is 5.77. The number of carbonyl (C=O) groups is 1. The Kier molecular flexibility index (Phi) is 9.68. The molecule has 0 unspecified atom stereocenters. The number of benzene rings is 2. The van der Waals surface area contributed by atoms with E-state index in [-0.39, 0.29) is 16.9 Å². The van der Waals surface area contributed by atoms with Gasteiger partial charge in [0, 0.05) is 22.3 Å². The minimum absolute atomic E-state index is 0.284. The fourth-order valence-electron chi connectivity index (χ4n) is 3.27. The number of alkyl halides is 6. The molecule has 2 aromatic carbocycles. The third kappa shape index (κ3) is 6.92. The van der Waals surface area contributed by atoms with Gasteiger partial charge in [-0.2, -0.15) is 0 Å². The Hall–Kier alpha value is -0.150. The van der Waals surface area contributed by atoms with Gasteiger partial charge in [0.2, 0.25) is 7.59 Å². The average molecular weight is 529 g/mol. The first-order valence-electron chi connectivity index (χ1n) is 9.94. The van der Waals surface area contributed by atoms with Crippen molar-refractivity contribution < 1.29 is 4.79 Å². The first-order chi connectivity index (χ1) is 14.0. The average Bonchev–Trinajstić information content (AvgIpc) is 2.68. The second-order valence-corrected chi connectivity index (χ2v) is 11.9. The summed E-state index contributed by atoms with van der Waals surface area (Å²) in [5.74, 6) is -0.346. The van der Waals surface area contributed by atoms with E-state index in [4.69, 9.17) is 69.6 Å². The van der Waals surface area contributed by atoms with E-state index in [1.54, 1.807) is 24.3 Å². The highest BCUT2D eigenvalue weighted by Crippen LogP contribution is 2.44. The van der Waals surface area contributed by atoms with Crippen molar-refractivity contribution in [2.24, 2.45) is 0 Å². The molecule has 0 saturated carbocycles. The van der Waals surface area contributed by atoms with Crippen LogP contribution in [0.5, 0.6) is 0 Å². The molecule has 0 bridgehead atoms. The first kappa shape index (κ1) is 26.1. The summed E-state index contributed by atoms with van der Waals surface area (Å²) in [5, 5.41) is 0. The summed E-state index contributed by atoms with van der Waals surface area (Å²) in [7, 11) is 0. The zero-order valence-electron chi connectivity index (χ0n) is 16.9. The van der Waals surface area contributed by atoms with Gasteiger partial charge < -0.3 is 0 Å². The van der Waals surface area contributed by atoms with Crippen LogP contribution in [-0.4, -0.2) is 5.78 Å². The van der Waals surface area contributed by atoms with Gasteiger partial charge in [0.15, 0.2) is 5.78 Å². The minimum Gasteiger partial charge on any atom is -0.289 e. The lowest BCUT2D eigenvalue weighted by Gasteiger charge is -2.21. The summed E-state index contributed by atoms with van der Waals surface area (Å²) in [4.78, 5) is 13.5. The number of hydrogen-bond acceptors (Lipinski definition) is 1. The van der Waals surface area contributed by atoms with Crippen molar-refractivity contribution in [1.29, 1.82) is 0 Å². The second kappa shape index (κ2) is 11.1. The van der Waals surface area contributed by atoms with Crippen LogP contribution in [0.3, 0.4) is 0 Å². The van der Waals surface area contributed by atoms with Crippen molar-refractivity contribution in [3.8, 4) is 0 Å². The third-order valence-electron chi connectivity index (χ3n) is 4.91. The Labute approximate surface area is 208 Å². The van der Waals surface area contributed by atoms with E-state index in [0.29, 0.717) is 11.1 Å². The highest BCUT2D eigenvalue weighted by atomic mass is 35.6. The molecule has 0 N–H and O–H groups in total. The zero-order chi connectivity index (χ0) is 22.5. The first-order valence-corrected chi connectivity index (χ1v) is 12.2. The van der Waals surface area contributed by atoms with Crippen LogP contribution >= 0.6 is 69.6 Å². The normalized spacial score (nSPS) is 12.3. The molecule has 0 aromatic heterocycles. The molecule has 0 amide bonds. The van der Waals surface area contributed by atoms with Gasteiger partial charge >= 0.3 is 0 Å². The van der Waals surface area contributed by atoms with E-state index >= 15 is 0 Å². The largest absolute Gasteiger partial charge is 0.289 e. The Balaban J connectivity index is 2.56. The highest BCUT2D eigenvalue weighted by Gasteiger charge is 2.33. The van der Waals surface area contributed by atoms with Crippen molar-refractivity contribution in [2.75, 3.05) is 0 Å². The molecular formula is C23H24Cl6O. The lowest BCUT2D eigenvalue weighted by molar-refractivity contribution is 0.103. The molecule has 7 heteroatoms. The lowest BCUT2D eigenvalue weighted by atomic mass is 9.92. The van der Waals surface area contributed by atoms with Crippen LogP contribution < -0.4 is 0 Å². The van der Waals surface area contributed by atoms with Crippen LogP contribution in [-0.2, 0) is 20.4 Å². The molecule has 0 saturated heterocycles.